The molecule has 0 spiro atoms. The number of carbonyl (C=O) groups is 2. The number of H-pyrrole nitrogens is 1. The molecular formula is C17H14N2O3. The second-order valence-corrected chi connectivity index (χ2v) is 5.20. The van der Waals surface area contributed by atoms with Crippen molar-refractivity contribution >= 4 is 22.8 Å². The summed E-state index contributed by atoms with van der Waals surface area (Å²) in [7, 11) is 0. The van der Waals surface area contributed by atoms with Gasteiger partial charge in [0, 0.05) is 10.9 Å². The van der Waals surface area contributed by atoms with Crippen LogP contribution in [-0.2, 0) is 0 Å². The van der Waals surface area contributed by atoms with Gasteiger partial charge in [-0.25, -0.2) is 4.79 Å². The lowest BCUT2D eigenvalue weighted by Crippen LogP contribution is -2.10. The fraction of sp³-hybridized carbons (Fsp3) is 0.0588. The van der Waals surface area contributed by atoms with Gasteiger partial charge in [0.15, 0.2) is 0 Å². The highest BCUT2D eigenvalue weighted by molar-refractivity contribution is 6.03. The SMILES string of the molecule is Cc1cc(-c2ccc(C(=O)O)cc2)c2cc(C(N)=O)[nH]c2c1. The summed E-state index contributed by atoms with van der Waals surface area (Å²) in [4.78, 5) is 25.3. The Labute approximate surface area is 126 Å². The number of hydrogen-bond donors (Lipinski definition) is 3. The molecule has 0 bridgehead atoms. The molecule has 0 atom stereocenters. The standard InChI is InChI=1S/C17H14N2O3/c1-9-6-12(10-2-4-11(5-3-10)17(21)22)13-8-15(16(18)20)19-14(13)7-9/h2-8,19H,1H3,(H2,18,20)(H,21,22). The number of carboxylic acid groups (broad SMARTS) is 1. The highest BCUT2D eigenvalue weighted by atomic mass is 16.4. The number of benzene rings is 2. The molecule has 5 nitrogen and oxygen atoms in total. The van der Waals surface area contributed by atoms with Gasteiger partial charge in [0.2, 0.25) is 0 Å². The predicted molar refractivity (Wildman–Crippen MR) is 83.9 cm³/mol. The fourth-order valence-corrected chi connectivity index (χ4v) is 2.55. The maximum atomic E-state index is 11.3. The van der Waals surface area contributed by atoms with E-state index in [0.29, 0.717) is 5.69 Å². The molecule has 0 fully saturated rings. The van der Waals surface area contributed by atoms with Crippen molar-refractivity contribution in [2.45, 2.75) is 6.92 Å². The van der Waals surface area contributed by atoms with Gasteiger partial charge >= 0.3 is 5.97 Å². The second-order valence-electron chi connectivity index (χ2n) is 5.20. The molecule has 110 valence electrons. The summed E-state index contributed by atoms with van der Waals surface area (Å²) >= 11 is 0. The molecule has 1 amide bonds. The Morgan fingerprint density at radius 2 is 1.77 bits per heavy atom. The summed E-state index contributed by atoms with van der Waals surface area (Å²) in [5.74, 6) is -1.47. The summed E-state index contributed by atoms with van der Waals surface area (Å²) < 4.78 is 0. The van der Waals surface area contributed by atoms with Gasteiger partial charge in [0.05, 0.1) is 5.56 Å². The number of aromatic nitrogens is 1. The van der Waals surface area contributed by atoms with E-state index >= 15 is 0 Å². The van der Waals surface area contributed by atoms with Gasteiger partial charge in [-0.3, -0.25) is 4.79 Å². The fourth-order valence-electron chi connectivity index (χ4n) is 2.55. The van der Waals surface area contributed by atoms with Crippen molar-refractivity contribution < 1.29 is 14.7 Å². The lowest BCUT2D eigenvalue weighted by molar-refractivity contribution is 0.0696. The minimum absolute atomic E-state index is 0.236. The highest BCUT2D eigenvalue weighted by Crippen LogP contribution is 2.31. The van der Waals surface area contributed by atoms with E-state index in [4.69, 9.17) is 10.8 Å². The van der Waals surface area contributed by atoms with Crippen LogP contribution in [0.3, 0.4) is 0 Å². The van der Waals surface area contributed by atoms with Gasteiger partial charge in [-0.2, -0.15) is 0 Å². The molecule has 1 aromatic heterocycles. The van der Waals surface area contributed by atoms with Crippen LogP contribution in [0.15, 0.2) is 42.5 Å². The molecule has 1 heterocycles. The lowest BCUT2D eigenvalue weighted by Gasteiger charge is -2.06. The molecule has 3 aromatic rings. The van der Waals surface area contributed by atoms with Crippen LogP contribution in [0, 0.1) is 6.92 Å². The normalized spacial score (nSPS) is 10.8. The van der Waals surface area contributed by atoms with Crippen molar-refractivity contribution in [3.63, 3.8) is 0 Å². The largest absolute Gasteiger partial charge is 0.478 e. The van der Waals surface area contributed by atoms with Crippen LogP contribution in [0.1, 0.15) is 26.4 Å². The van der Waals surface area contributed by atoms with E-state index in [1.807, 2.05) is 19.1 Å². The van der Waals surface area contributed by atoms with Crippen molar-refractivity contribution in [3.05, 3.63) is 59.3 Å². The number of aromatic carboxylic acids is 1. The minimum Gasteiger partial charge on any atom is -0.478 e. The number of aromatic amines is 1. The zero-order valence-corrected chi connectivity index (χ0v) is 11.9. The number of amides is 1. The smallest absolute Gasteiger partial charge is 0.335 e. The van der Waals surface area contributed by atoms with Crippen LogP contribution in [0.5, 0.6) is 0 Å². The number of primary amides is 1. The predicted octanol–water partition coefficient (Wildman–Crippen LogP) is 2.94. The molecule has 0 saturated heterocycles. The maximum absolute atomic E-state index is 11.3. The molecule has 4 N–H and O–H groups in total. The topological polar surface area (TPSA) is 96.2 Å². The Balaban J connectivity index is 2.20. The number of fused-ring (bicyclic) bond motifs is 1. The maximum Gasteiger partial charge on any atom is 0.335 e. The lowest BCUT2D eigenvalue weighted by atomic mass is 9.98. The first-order valence-electron chi connectivity index (χ1n) is 6.72. The number of nitrogens with two attached hydrogens (primary N) is 1. The van der Waals surface area contributed by atoms with Crippen LogP contribution < -0.4 is 5.73 Å². The average Bonchev–Trinajstić information content (AvgIpc) is 2.90. The van der Waals surface area contributed by atoms with E-state index in [2.05, 4.69) is 4.98 Å². The Morgan fingerprint density at radius 1 is 1.09 bits per heavy atom. The third-order valence-corrected chi connectivity index (χ3v) is 3.59. The average molecular weight is 294 g/mol. The minimum atomic E-state index is -0.960. The quantitative estimate of drug-likeness (QED) is 0.693. The number of carbonyl (C=O) groups excluding carboxylic acids is 1. The molecule has 0 aliphatic heterocycles. The van der Waals surface area contributed by atoms with Crippen molar-refractivity contribution in [1.82, 2.24) is 4.98 Å². The van der Waals surface area contributed by atoms with E-state index < -0.39 is 11.9 Å². The van der Waals surface area contributed by atoms with Crippen molar-refractivity contribution in [3.8, 4) is 11.1 Å². The van der Waals surface area contributed by atoms with Crippen LogP contribution >= 0.6 is 0 Å². The van der Waals surface area contributed by atoms with Crippen LogP contribution in [0.25, 0.3) is 22.0 Å². The summed E-state index contributed by atoms with van der Waals surface area (Å²) in [6, 6.07) is 12.3. The van der Waals surface area contributed by atoms with Crippen LogP contribution in [0.2, 0.25) is 0 Å². The van der Waals surface area contributed by atoms with E-state index in [9.17, 15) is 9.59 Å². The zero-order chi connectivity index (χ0) is 15.9. The van der Waals surface area contributed by atoms with Crippen molar-refractivity contribution in [2.24, 2.45) is 5.73 Å². The van der Waals surface area contributed by atoms with Gasteiger partial charge in [-0.05, 0) is 47.9 Å². The molecule has 5 heteroatoms. The molecule has 3 rings (SSSR count). The van der Waals surface area contributed by atoms with Gasteiger partial charge < -0.3 is 15.8 Å². The van der Waals surface area contributed by atoms with E-state index in [1.54, 1.807) is 30.3 Å². The Morgan fingerprint density at radius 3 is 2.36 bits per heavy atom. The Kier molecular flexibility index (Phi) is 3.18. The third-order valence-electron chi connectivity index (χ3n) is 3.59. The summed E-state index contributed by atoms with van der Waals surface area (Å²) in [6.45, 7) is 1.96. The zero-order valence-electron chi connectivity index (χ0n) is 11.9. The molecular weight excluding hydrogens is 280 g/mol. The number of carboxylic acids is 1. The number of rotatable bonds is 3. The number of hydrogen-bond acceptors (Lipinski definition) is 2. The van der Waals surface area contributed by atoms with E-state index in [-0.39, 0.29) is 5.56 Å². The van der Waals surface area contributed by atoms with Crippen LogP contribution in [0.4, 0.5) is 0 Å². The van der Waals surface area contributed by atoms with Crippen LogP contribution in [-0.4, -0.2) is 22.0 Å². The van der Waals surface area contributed by atoms with E-state index in [0.717, 1.165) is 27.6 Å². The number of nitrogens with one attached hydrogen (secondary N) is 1. The molecule has 0 unspecified atom stereocenters. The Bertz CT molecular complexity index is 892. The van der Waals surface area contributed by atoms with Crippen molar-refractivity contribution in [1.29, 1.82) is 0 Å². The molecule has 0 radical (unpaired) electrons. The summed E-state index contributed by atoms with van der Waals surface area (Å²) in [5.41, 5.74) is 9.57. The molecule has 0 aliphatic rings. The first-order chi connectivity index (χ1) is 10.5. The first-order valence-corrected chi connectivity index (χ1v) is 6.72. The molecule has 22 heavy (non-hydrogen) atoms. The van der Waals surface area contributed by atoms with Gasteiger partial charge in [-0.1, -0.05) is 18.2 Å². The van der Waals surface area contributed by atoms with Gasteiger partial charge in [-0.15, -0.1) is 0 Å². The molecule has 2 aromatic carbocycles. The number of aryl methyl sites for hydroxylation is 1. The molecule has 0 saturated carbocycles. The molecule has 0 aliphatic carbocycles. The van der Waals surface area contributed by atoms with Gasteiger partial charge in [0.1, 0.15) is 5.69 Å². The van der Waals surface area contributed by atoms with Crippen molar-refractivity contribution in [2.75, 3.05) is 0 Å². The summed E-state index contributed by atoms with van der Waals surface area (Å²) in [5, 5.41) is 9.85. The van der Waals surface area contributed by atoms with E-state index in [1.165, 1.54) is 0 Å². The Hall–Kier alpha value is -3.08. The third kappa shape index (κ3) is 2.33. The summed E-state index contributed by atoms with van der Waals surface area (Å²) in [6.07, 6.45) is 0. The first kappa shape index (κ1) is 13.9. The second kappa shape index (κ2) is 5.04. The monoisotopic (exact) mass is 294 g/mol. The van der Waals surface area contributed by atoms with Gasteiger partial charge in [0.25, 0.3) is 5.91 Å². The highest BCUT2D eigenvalue weighted by Gasteiger charge is 2.12.